The predicted octanol–water partition coefficient (Wildman–Crippen LogP) is -0.156. The number of allylic oxidation sites excluding steroid dienone is 2. The molecule has 0 heterocycles. The van der Waals surface area contributed by atoms with Gasteiger partial charge in [-0.2, -0.15) is 21.6 Å². The zero-order valence-electron chi connectivity index (χ0n) is 8.40. The molecule has 0 bridgehead atoms. The van der Waals surface area contributed by atoms with Crippen molar-refractivity contribution in [1.82, 2.24) is 0 Å². The number of halogens is 4. The van der Waals surface area contributed by atoms with E-state index in [1.807, 2.05) is 0 Å². The second-order valence-electron chi connectivity index (χ2n) is 3.97. The summed E-state index contributed by atoms with van der Waals surface area (Å²) in [6.07, 6.45) is 0.719. The smallest absolute Gasteiger partial charge is 0.534 e. The van der Waals surface area contributed by atoms with Crippen LogP contribution >= 0.6 is 0 Å². The quantitative estimate of drug-likeness (QED) is 0.410. The minimum absolute atomic E-state index is 0.210. The van der Waals surface area contributed by atoms with E-state index in [9.17, 15) is 35.9 Å². The van der Waals surface area contributed by atoms with Gasteiger partial charge in [0.1, 0.15) is 5.76 Å². The minimum Gasteiger partial charge on any atom is -0.547 e. The number of fused-ring (bicyclic) bond motifs is 1. The Hall–Kier alpha value is -1.32. The Morgan fingerprint density at radius 2 is 2.06 bits per heavy atom. The van der Waals surface area contributed by atoms with Crippen LogP contribution in [0.3, 0.4) is 0 Å². The lowest BCUT2D eigenvalue weighted by molar-refractivity contribution is -0.315. The maximum absolute atomic E-state index is 13.6. The van der Waals surface area contributed by atoms with Crippen LogP contribution in [0.4, 0.5) is 17.6 Å². The van der Waals surface area contributed by atoms with E-state index >= 15 is 0 Å². The van der Waals surface area contributed by atoms with E-state index in [0.717, 1.165) is 6.08 Å². The summed E-state index contributed by atoms with van der Waals surface area (Å²) in [6.45, 7) is 0. The highest BCUT2D eigenvalue weighted by Gasteiger charge is 2.72. The van der Waals surface area contributed by atoms with Crippen molar-refractivity contribution in [3.63, 3.8) is 0 Å². The van der Waals surface area contributed by atoms with Crippen LogP contribution < -0.4 is 5.11 Å². The molecule has 2 aliphatic rings. The molecular weight excluding hydrogens is 284 g/mol. The van der Waals surface area contributed by atoms with Crippen molar-refractivity contribution in [3.05, 3.63) is 11.8 Å². The number of aliphatic carboxylic acids is 1. The predicted molar refractivity (Wildman–Crippen MR) is 44.6 cm³/mol. The molecule has 0 spiro atoms. The molecule has 1 saturated carbocycles. The summed E-state index contributed by atoms with van der Waals surface area (Å²) in [4.78, 5) is 10.5. The minimum atomic E-state index is -5.91. The Balaban J connectivity index is 2.18. The molecular formula is C8H5F4O5S-. The fourth-order valence-electron chi connectivity index (χ4n) is 2.05. The Morgan fingerprint density at radius 1 is 1.50 bits per heavy atom. The first kappa shape index (κ1) is 13.1. The van der Waals surface area contributed by atoms with Crippen LogP contribution in [0.2, 0.25) is 0 Å². The average molecular weight is 289 g/mol. The molecule has 3 atom stereocenters. The lowest BCUT2D eigenvalue weighted by atomic mass is 10.2. The largest absolute Gasteiger partial charge is 0.547 e. The first-order chi connectivity index (χ1) is 8.02. The van der Waals surface area contributed by atoms with E-state index in [0.29, 0.717) is 0 Å². The molecule has 0 radical (unpaired) electrons. The van der Waals surface area contributed by atoms with Crippen molar-refractivity contribution in [1.29, 1.82) is 0 Å². The van der Waals surface area contributed by atoms with Gasteiger partial charge in [0.15, 0.2) is 5.67 Å². The molecule has 2 aliphatic carbocycles. The molecule has 0 N–H and O–H groups in total. The fourth-order valence-corrected chi connectivity index (χ4v) is 2.57. The van der Waals surface area contributed by atoms with Crippen molar-refractivity contribution in [2.24, 2.45) is 11.8 Å². The summed E-state index contributed by atoms with van der Waals surface area (Å²) in [5.41, 5.74) is -8.49. The molecule has 2 rings (SSSR count). The summed E-state index contributed by atoms with van der Waals surface area (Å²) >= 11 is 0. The lowest BCUT2D eigenvalue weighted by Crippen LogP contribution is -2.38. The highest BCUT2D eigenvalue weighted by Crippen LogP contribution is 2.63. The Labute approximate surface area is 98.2 Å². The molecule has 0 aliphatic heterocycles. The molecule has 1 fully saturated rings. The van der Waals surface area contributed by atoms with E-state index < -0.39 is 44.9 Å². The number of carbonyl (C=O) groups excluding carboxylic acids is 1. The zero-order chi connectivity index (χ0) is 13.9. The molecule has 0 aromatic heterocycles. The van der Waals surface area contributed by atoms with Gasteiger partial charge in [-0.15, -0.1) is 0 Å². The second-order valence-corrected chi connectivity index (χ2v) is 5.50. The Kier molecular flexibility index (Phi) is 2.45. The molecule has 0 unspecified atom stereocenters. The van der Waals surface area contributed by atoms with Crippen LogP contribution in [0.1, 0.15) is 6.42 Å². The fraction of sp³-hybridized carbons (Fsp3) is 0.625. The van der Waals surface area contributed by atoms with E-state index in [1.54, 1.807) is 0 Å². The summed E-state index contributed by atoms with van der Waals surface area (Å²) < 4.78 is 74.7. The van der Waals surface area contributed by atoms with Gasteiger partial charge in [-0.05, 0) is 12.5 Å². The highest BCUT2D eigenvalue weighted by molar-refractivity contribution is 7.87. The van der Waals surface area contributed by atoms with Crippen molar-refractivity contribution in [2.75, 3.05) is 0 Å². The van der Waals surface area contributed by atoms with Gasteiger partial charge in [-0.3, -0.25) is 0 Å². The summed E-state index contributed by atoms with van der Waals surface area (Å²) in [5, 5.41) is 10.5. The van der Waals surface area contributed by atoms with Crippen LogP contribution in [0.25, 0.3) is 0 Å². The lowest BCUT2D eigenvalue weighted by Gasteiger charge is -2.14. The highest BCUT2D eigenvalue weighted by atomic mass is 32.2. The number of hydrogen-bond acceptors (Lipinski definition) is 5. The molecule has 18 heavy (non-hydrogen) atoms. The topological polar surface area (TPSA) is 83.5 Å². The number of rotatable bonds is 3. The van der Waals surface area contributed by atoms with Crippen LogP contribution in [0.15, 0.2) is 11.8 Å². The third-order valence-corrected chi connectivity index (χ3v) is 3.95. The first-order valence-corrected chi connectivity index (χ1v) is 6.04. The second kappa shape index (κ2) is 3.37. The van der Waals surface area contributed by atoms with Crippen LogP contribution in [0, 0.1) is 11.8 Å². The van der Waals surface area contributed by atoms with E-state index in [4.69, 9.17) is 0 Å². The Bertz CT molecular complexity index is 536. The first-order valence-electron chi connectivity index (χ1n) is 4.63. The van der Waals surface area contributed by atoms with E-state index in [2.05, 4.69) is 4.18 Å². The molecule has 0 saturated heterocycles. The summed E-state index contributed by atoms with van der Waals surface area (Å²) in [6, 6.07) is 0. The molecule has 102 valence electrons. The molecule has 5 nitrogen and oxygen atoms in total. The van der Waals surface area contributed by atoms with Crippen molar-refractivity contribution < 1.29 is 40.1 Å². The van der Waals surface area contributed by atoms with Gasteiger partial charge in [-0.25, -0.2) is 4.39 Å². The standard InChI is InChI=1S/C8H6F4O5S/c9-7(6(13)14)3-1-2-4(5(3)7)17-18(15,16)8(10,11)12/h2-3,5H,1H2,(H,13,14)/p-1/t3-,5-,7-/m1/s1. The van der Waals surface area contributed by atoms with Crippen molar-refractivity contribution >= 4 is 16.1 Å². The average Bonchev–Trinajstić information content (AvgIpc) is 2.58. The molecule has 0 aromatic carbocycles. The summed E-state index contributed by atoms with van der Waals surface area (Å²) in [7, 11) is -5.91. The van der Waals surface area contributed by atoms with Gasteiger partial charge in [0.2, 0.25) is 0 Å². The number of carboxylic acids is 1. The monoisotopic (exact) mass is 289 g/mol. The SMILES string of the molecule is O=C([O-])[C@@]1(F)[C@@H]2CC=C(OS(=O)(=O)C(F)(F)F)[C@@H]21. The van der Waals surface area contributed by atoms with Gasteiger partial charge in [0.25, 0.3) is 0 Å². The molecule has 0 amide bonds. The van der Waals surface area contributed by atoms with Gasteiger partial charge in [0.05, 0.1) is 11.9 Å². The maximum Gasteiger partial charge on any atom is 0.534 e. The zero-order valence-corrected chi connectivity index (χ0v) is 9.22. The number of alkyl halides is 4. The molecule has 10 heteroatoms. The normalized spacial score (nSPS) is 34.8. The Morgan fingerprint density at radius 3 is 2.44 bits per heavy atom. The van der Waals surface area contributed by atoms with Crippen LogP contribution in [-0.2, 0) is 19.1 Å². The molecule has 0 aromatic rings. The van der Waals surface area contributed by atoms with Gasteiger partial charge in [0, 0.05) is 5.92 Å². The van der Waals surface area contributed by atoms with E-state index in [-0.39, 0.29) is 6.42 Å². The van der Waals surface area contributed by atoms with Crippen molar-refractivity contribution in [2.45, 2.75) is 17.6 Å². The third kappa shape index (κ3) is 1.58. The van der Waals surface area contributed by atoms with E-state index in [1.165, 1.54) is 0 Å². The number of hydrogen-bond donors (Lipinski definition) is 0. The van der Waals surface area contributed by atoms with Crippen LogP contribution in [0.5, 0.6) is 0 Å². The van der Waals surface area contributed by atoms with Crippen LogP contribution in [-0.4, -0.2) is 25.6 Å². The summed E-state index contributed by atoms with van der Waals surface area (Å²) in [5.74, 6) is -5.57. The van der Waals surface area contributed by atoms with Gasteiger partial charge >= 0.3 is 15.6 Å². The third-order valence-electron chi connectivity index (χ3n) is 2.97. The van der Waals surface area contributed by atoms with Gasteiger partial charge < -0.3 is 14.1 Å². The van der Waals surface area contributed by atoms with Gasteiger partial charge in [-0.1, -0.05) is 0 Å². The number of carbonyl (C=O) groups is 1. The van der Waals surface area contributed by atoms with Crippen molar-refractivity contribution in [3.8, 4) is 0 Å². The number of carboxylic acid groups (broad SMARTS) is 1. The maximum atomic E-state index is 13.6.